The summed E-state index contributed by atoms with van der Waals surface area (Å²) >= 11 is 0. The van der Waals surface area contributed by atoms with Crippen molar-refractivity contribution in [1.82, 2.24) is 0 Å². The van der Waals surface area contributed by atoms with Crippen LogP contribution in [0.5, 0.6) is 5.75 Å². The highest BCUT2D eigenvalue weighted by molar-refractivity contribution is 5.29. The van der Waals surface area contributed by atoms with Gasteiger partial charge in [-0.15, -0.1) is 0 Å². The molecule has 0 radical (unpaired) electrons. The Morgan fingerprint density at radius 3 is 1.89 bits per heavy atom. The minimum Gasteiger partial charge on any atom is -0.494 e. The van der Waals surface area contributed by atoms with E-state index in [2.05, 4.69) is 24.3 Å². The van der Waals surface area contributed by atoms with Gasteiger partial charge in [0.25, 0.3) is 0 Å². The number of halogens is 1. The van der Waals surface area contributed by atoms with Crippen molar-refractivity contribution in [2.45, 2.75) is 89.9 Å². The summed E-state index contributed by atoms with van der Waals surface area (Å²) in [6.07, 6.45) is 18.4. The summed E-state index contributed by atoms with van der Waals surface area (Å²) in [6.45, 7) is 2.77. The van der Waals surface area contributed by atoms with Crippen molar-refractivity contribution in [3.8, 4) is 5.75 Å². The Balaban J connectivity index is 1.32. The first kappa shape index (κ1) is 21.4. The minimum atomic E-state index is 0.705. The van der Waals surface area contributed by atoms with Crippen LogP contribution in [0.25, 0.3) is 0 Å². The highest BCUT2D eigenvalue weighted by Crippen LogP contribution is 2.40. The van der Waals surface area contributed by atoms with Crippen LogP contribution >= 0.6 is 0 Å². The van der Waals surface area contributed by atoms with Gasteiger partial charge in [0.15, 0.2) is 0 Å². The molecule has 0 aromatic heterocycles. The molecule has 0 unspecified atom stereocenters. The Bertz CT molecular complexity index is 563. The SMILES string of the molecule is CCOc1ccc(C2CCC(CCC3CCC(CCC=CF)CC3)CC2)cc1. The molecule has 1 aromatic rings. The lowest BCUT2D eigenvalue weighted by Gasteiger charge is -2.32. The maximum absolute atomic E-state index is 12.1. The molecule has 0 bridgehead atoms. The summed E-state index contributed by atoms with van der Waals surface area (Å²) in [6, 6.07) is 8.82. The second-order valence-corrected chi connectivity index (χ2v) is 9.12. The molecule has 2 aliphatic rings. The molecule has 3 rings (SSSR count). The number of benzene rings is 1. The average Bonchev–Trinajstić information content (AvgIpc) is 2.75. The lowest BCUT2D eigenvalue weighted by molar-refractivity contribution is 0.225. The van der Waals surface area contributed by atoms with E-state index in [1.165, 1.54) is 76.2 Å². The van der Waals surface area contributed by atoms with E-state index in [-0.39, 0.29) is 0 Å². The molecule has 0 heterocycles. The molecule has 28 heavy (non-hydrogen) atoms. The van der Waals surface area contributed by atoms with E-state index in [1.807, 2.05) is 6.92 Å². The minimum absolute atomic E-state index is 0.705. The summed E-state index contributed by atoms with van der Waals surface area (Å²) in [7, 11) is 0. The van der Waals surface area contributed by atoms with Crippen LogP contribution in [-0.4, -0.2) is 6.61 Å². The number of rotatable bonds is 9. The van der Waals surface area contributed by atoms with Crippen LogP contribution in [0.1, 0.15) is 95.5 Å². The van der Waals surface area contributed by atoms with Crippen LogP contribution in [-0.2, 0) is 0 Å². The van der Waals surface area contributed by atoms with Crippen LogP contribution in [0.4, 0.5) is 4.39 Å². The fraction of sp³-hybridized carbons (Fsp3) is 0.692. The van der Waals surface area contributed by atoms with Gasteiger partial charge in [0, 0.05) is 0 Å². The zero-order valence-electron chi connectivity index (χ0n) is 17.8. The monoisotopic (exact) mass is 386 g/mol. The lowest BCUT2D eigenvalue weighted by Crippen LogP contribution is -2.17. The van der Waals surface area contributed by atoms with E-state index in [0.717, 1.165) is 42.4 Å². The van der Waals surface area contributed by atoms with Crippen molar-refractivity contribution in [3.63, 3.8) is 0 Å². The van der Waals surface area contributed by atoms with E-state index in [4.69, 9.17) is 4.74 Å². The van der Waals surface area contributed by atoms with Gasteiger partial charge in [-0.1, -0.05) is 56.7 Å². The summed E-state index contributed by atoms with van der Waals surface area (Å²) in [4.78, 5) is 0. The van der Waals surface area contributed by atoms with Gasteiger partial charge >= 0.3 is 0 Å². The maximum atomic E-state index is 12.1. The Hall–Kier alpha value is -1.31. The van der Waals surface area contributed by atoms with Crippen LogP contribution < -0.4 is 4.74 Å². The van der Waals surface area contributed by atoms with E-state index in [1.54, 1.807) is 6.08 Å². The highest BCUT2D eigenvalue weighted by Gasteiger charge is 2.25. The maximum Gasteiger partial charge on any atom is 0.119 e. The molecule has 156 valence electrons. The standard InChI is InChI=1S/C26H39FO/c1-2-28-26-18-16-25(17-19-26)24-14-12-23(13-15-24)11-10-22-8-6-21(7-9-22)5-3-4-20-27/h4,16-24H,2-3,5-15H2,1H3. The summed E-state index contributed by atoms with van der Waals surface area (Å²) in [5, 5.41) is 0. The van der Waals surface area contributed by atoms with Crippen LogP contribution in [0.3, 0.4) is 0 Å². The van der Waals surface area contributed by atoms with E-state index < -0.39 is 0 Å². The second-order valence-electron chi connectivity index (χ2n) is 9.12. The molecule has 2 saturated carbocycles. The lowest BCUT2D eigenvalue weighted by atomic mass is 9.74. The average molecular weight is 387 g/mol. The van der Waals surface area contributed by atoms with Crippen LogP contribution in [0.15, 0.2) is 36.7 Å². The van der Waals surface area contributed by atoms with Crippen molar-refractivity contribution >= 4 is 0 Å². The molecule has 0 atom stereocenters. The molecule has 2 aliphatic carbocycles. The van der Waals surface area contributed by atoms with Gasteiger partial charge in [0.05, 0.1) is 12.9 Å². The molecule has 2 heteroatoms. The van der Waals surface area contributed by atoms with Gasteiger partial charge in [-0.3, -0.25) is 0 Å². The highest BCUT2D eigenvalue weighted by atomic mass is 19.1. The van der Waals surface area contributed by atoms with Crippen molar-refractivity contribution < 1.29 is 9.13 Å². The van der Waals surface area contributed by atoms with Gasteiger partial charge in [-0.25, -0.2) is 4.39 Å². The first-order chi connectivity index (χ1) is 13.8. The van der Waals surface area contributed by atoms with Gasteiger partial charge in [0.2, 0.25) is 0 Å². The zero-order valence-corrected chi connectivity index (χ0v) is 17.8. The van der Waals surface area contributed by atoms with Gasteiger partial charge in [0.1, 0.15) is 5.75 Å². The topological polar surface area (TPSA) is 9.23 Å². The summed E-state index contributed by atoms with van der Waals surface area (Å²) < 4.78 is 17.6. The van der Waals surface area contributed by atoms with Crippen molar-refractivity contribution in [3.05, 3.63) is 42.2 Å². The molecule has 0 saturated heterocycles. The fourth-order valence-corrected chi connectivity index (χ4v) is 5.46. The van der Waals surface area contributed by atoms with Crippen molar-refractivity contribution in [2.24, 2.45) is 17.8 Å². The second kappa shape index (κ2) is 11.6. The predicted molar refractivity (Wildman–Crippen MR) is 116 cm³/mol. The third-order valence-corrected chi connectivity index (χ3v) is 7.29. The van der Waals surface area contributed by atoms with E-state index >= 15 is 0 Å². The first-order valence-electron chi connectivity index (χ1n) is 11.8. The molecule has 0 aliphatic heterocycles. The smallest absolute Gasteiger partial charge is 0.119 e. The Morgan fingerprint density at radius 1 is 0.821 bits per heavy atom. The van der Waals surface area contributed by atoms with Crippen molar-refractivity contribution in [1.29, 1.82) is 0 Å². The third kappa shape index (κ3) is 6.64. The first-order valence-corrected chi connectivity index (χ1v) is 11.8. The van der Waals surface area contributed by atoms with E-state index in [0.29, 0.717) is 6.33 Å². The van der Waals surface area contributed by atoms with Crippen molar-refractivity contribution in [2.75, 3.05) is 6.61 Å². The van der Waals surface area contributed by atoms with Gasteiger partial charge in [-0.2, -0.15) is 0 Å². The molecule has 0 amide bonds. The Labute approximate surface area is 171 Å². The normalized spacial score (nSPS) is 28.5. The predicted octanol–water partition coefficient (Wildman–Crippen LogP) is 8.21. The fourth-order valence-electron chi connectivity index (χ4n) is 5.46. The summed E-state index contributed by atoms with van der Waals surface area (Å²) in [5.41, 5.74) is 1.50. The van der Waals surface area contributed by atoms with Crippen LogP contribution in [0.2, 0.25) is 0 Å². The van der Waals surface area contributed by atoms with Gasteiger partial charge < -0.3 is 4.74 Å². The number of hydrogen-bond acceptors (Lipinski definition) is 1. The number of ether oxygens (including phenoxy) is 1. The Morgan fingerprint density at radius 2 is 1.36 bits per heavy atom. The van der Waals surface area contributed by atoms with E-state index in [9.17, 15) is 4.39 Å². The molecule has 0 spiro atoms. The Kier molecular flexibility index (Phi) is 8.89. The molecule has 2 fully saturated rings. The quantitative estimate of drug-likeness (QED) is 0.415. The molecular weight excluding hydrogens is 347 g/mol. The molecule has 0 N–H and O–H groups in total. The molecule has 1 aromatic carbocycles. The molecular formula is C26H39FO. The largest absolute Gasteiger partial charge is 0.494 e. The number of allylic oxidation sites excluding steroid dienone is 1. The summed E-state index contributed by atoms with van der Waals surface area (Å²) in [5.74, 6) is 4.49. The third-order valence-electron chi connectivity index (χ3n) is 7.29. The van der Waals surface area contributed by atoms with Crippen LogP contribution in [0, 0.1) is 17.8 Å². The number of hydrogen-bond donors (Lipinski definition) is 0. The van der Waals surface area contributed by atoms with Gasteiger partial charge in [-0.05, 0) is 86.8 Å². The molecule has 1 nitrogen and oxygen atoms in total. The zero-order chi connectivity index (χ0) is 19.6.